The van der Waals surface area contributed by atoms with Gasteiger partial charge in [0.1, 0.15) is 12.4 Å². The molecule has 0 radical (unpaired) electrons. The van der Waals surface area contributed by atoms with E-state index >= 15 is 0 Å². The van der Waals surface area contributed by atoms with Gasteiger partial charge in [0.25, 0.3) is 0 Å². The Labute approximate surface area is 131 Å². The van der Waals surface area contributed by atoms with Crippen LogP contribution in [-0.4, -0.2) is 12.4 Å². The standard InChI is InChI=1S/C19H21NO2/c1-2-15(21)12-22-16-9-10-18-14(11-16)8-7-13-5-3-4-6-17(13)19(18)20/h3-6,9-11,19H,2,7-8,12,20H2,1H3. The summed E-state index contributed by atoms with van der Waals surface area (Å²) in [5.41, 5.74) is 11.3. The van der Waals surface area contributed by atoms with Crippen LogP contribution >= 0.6 is 0 Å². The fourth-order valence-corrected chi connectivity index (χ4v) is 2.96. The fourth-order valence-electron chi connectivity index (χ4n) is 2.96. The van der Waals surface area contributed by atoms with Crippen molar-refractivity contribution in [1.29, 1.82) is 0 Å². The molecule has 0 saturated carbocycles. The van der Waals surface area contributed by atoms with Crippen LogP contribution in [0, 0.1) is 0 Å². The minimum absolute atomic E-state index is 0.0972. The minimum Gasteiger partial charge on any atom is -0.486 e. The van der Waals surface area contributed by atoms with E-state index in [0.29, 0.717) is 6.42 Å². The number of benzene rings is 2. The summed E-state index contributed by atoms with van der Waals surface area (Å²) < 4.78 is 5.59. The SMILES string of the molecule is CCC(=O)COc1ccc2c(c1)CCc1ccccc1C2N. The lowest BCUT2D eigenvalue weighted by Gasteiger charge is -2.16. The molecule has 1 atom stereocenters. The van der Waals surface area contributed by atoms with Gasteiger partial charge in [-0.2, -0.15) is 0 Å². The molecule has 1 aliphatic carbocycles. The predicted molar refractivity (Wildman–Crippen MR) is 87.1 cm³/mol. The van der Waals surface area contributed by atoms with Crippen LogP contribution in [-0.2, 0) is 17.6 Å². The molecule has 2 aromatic carbocycles. The number of rotatable bonds is 4. The molecular weight excluding hydrogens is 274 g/mol. The topological polar surface area (TPSA) is 52.3 Å². The summed E-state index contributed by atoms with van der Waals surface area (Å²) >= 11 is 0. The molecular formula is C19H21NO2. The number of carbonyl (C=O) groups excluding carboxylic acids is 1. The van der Waals surface area contributed by atoms with Gasteiger partial charge < -0.3 is 10.5 Å². The summed E-state index contributed by atoms with van der Waals surface area (Å²) in [5, 5.41) is 0. The molecule has 22 heavy (non-hydrogen) atoms. The zero-order chi connectivity index (χ0) is 15.5. The van der Waals surface area contributed by atoms with Crippen molar-refractivity contribution in [3.05, 3.63) is 64.7 Å². The van der Waals surface area contributed by atoms with Gasteiger partial charge in [-0.05, 0) is 47.2 Å². The second-order valence-electron chi connectivity index (χ2n) is 5.72. The number of ketones is 1. The highest BCUT2D eigenvalue weighted by Crippen LogP contribution is 2.32. The van der Waals surface area contributed by atoms with E-state index in [0.717, 1.165) is 24.2 Å². The van der Waals surface area contributed by atoms with Gasteiger partial charge in [-0.1, -0.05) is 37.3 Å². The molecule has 2 N–H and O–H groups in total. The first kappa shape index (κ1) is 14.8. The smallest absolute Gasteiger partial charge is 0.169 e. The van der Waals surface area contributed by atoms with Crippen LogP contribution in [0.1, 0.15) is 41.6 Å². The monoisotopic (exact) mass is 295 g/mol. The molecule has 0 aliphatic heterocycles. The highest BCUT2D eigenvalue weighted by molar-refractivity contribution is 5.79. The first-order valence-electron chi connectivity index (χ1n) is 7.79. The normalized spacial score (nSPS) is 16.4. The summed E-state index contributed by atoms with van der Waals surface area (Å²) in [4.78, 5) is 11.4. The second kappa shape index (κ2) is 6.32. The van der Waals surface area contributed by atoms with Crippen LogP contribution in [0.3, 0.4) is 0 Å². The number of ether oxygens (including phenoxy) is 1. The highest BCUT2D eigenvalue weighted by atomic mass is 16.5. The minimum atomic E-state index is -0.0972. The Morgan fingerprint density at radius 1 is 1.14 bits per heavy atom. The highest BCUT2D eigenvalue weighted by Gasteiger charge is 2.20. The molecule has 0 amide bonds. The lowest BCUT2D eigenvalue weighted by molar-refractivity contribution is -0.120. The number of fused-ring (bicyclic) bond motifs is 2. The lowest BCUT2D eigenvalue weighted by atomic mass is 9.95. The molecule has 0 spiro atoms. The van der Waals surface area contributed by atoms with E-state index in [9.17, 15) is 4.79 Å². The molecule has 0 bridgehead atoms. The molecule has 1 aliphatic rings. The van der Waals surface area contributed by atoms with E-state index in [1.54, 1.807) is 0 Å². The van der Waals surface area contributed by atoms with Crippen LogP contribution in [0.15, 0.2) is 42.5 Å². The van der Waals surface area contributed by atoms with Crippen LogP contribution in [0.4, 0.5) is 0 Å². The quantitative estimate of drug-likeness (QED) is 0.942. The van der Waals surface area contributed by atoms with Crippen molar-refractivity contribution >= 4 is 5.78 Å². The third-order valence-corrected chi connectivity index (χ3v) is 4.30. The van der Waals surface area contributed by atoms with E-state index < -0.39 is 0 Å². The van der Waals surface area contributed by atoms with Gasteiger partial charge in [0.05, 0.1) is 6.04 Å². The van der Waals surface area contributed by atoms with Gasteiger partial charge in [-0.25, -0.2) is 0 Å². The van der Waals surface area contributed by atoms with Crippen molar-refractivity contribution in [3.8, 4) is 5.75 Å². The van der Waals surface area contributed by atoms with Crippen LogP contribution in [0.5, 0.6) is 5.75 Å². The maximum Gasteiger partial charge on any atom is 0.169 e. The number of hydrogen-bond acceptors (Lipinski definition) is 3. The third kappa shape index (κ3) is 2.90. The average molecular weight is 295 g/mol. The first-order valence-corrected chi connectivity index (χ1v) is 7.79. The summed E-state index contributed by atoms with van der Waals surface area (Å²) in [7, 11) is 0. The number of hydrogen-bond donors (Lipinski definition) is 1. The molecule has 1 unspecified atom stereocenters. The Kier molecular flexibility index (Phi) is 4.25. The fraction of sp³-hybridized carbons (Fsp3) is 0.316. The first-order chi connectivity index (χ1) is 10.7. The van der Waals surface area contributed by atoms with E-state index in [-0.39, 0.29) is 18.4 Å². The maximum atomic E-state index is 11.4. The summed E-state index contributed by atoms with van der Waals surface area (Å²) in [6.45, 7) is 1.99. The van der Waals surface area contributed by atoms with E-state index in [1.807, 2.05) is 31.2 Å². The number of carbonyl (C=O) groups is 1. The molecule has 114 valence electrons. The predicted octanol–water partition coefficient (Wildman–Crippen LogP) is 3.19. The Morgan fingerprint density at radius 3 is 2.68 bits per heavy atom. The molecule has 3 rings (SSSR count). The van der Waals surface area contributed by atoms with Crippen LogP contribution < -0.4 is 10.5 Å². The van der Waals surface area contributed by atoms with Gasteiger partial charge in [0.15, 0.2) is 5.78 Å². The Bertz CT molecular complexity index is 694. The summed E-state index contributed by atoms with van der Waals surface area (Å²) in [6.07, 6.45) is 2.43. The van der Waals surface area contributed by atoms with Gasteiger partial charge in [-0.3, -0.25) is 4.79 Å². The molecule has 0 saturated heterocycles. The molecule has 2 aromatic rings. The van der Waals surface area contributed by atoms with E-state index in [1.165, 1.54) is 16.7 Å². The second-order valence-corrected chi connectivity index (χ2v) is 5.72. The van der Waals surface area contributed by atoms with Crippen molar-refractivity contribution in [2.24, 2.45) is 5.73 Å². The molecule has 0 fully saturated rings. The largest absolute Gasteiger partial charge is 0.486 e. The Morgan fingerprint density at radius 2 is 1.86 bits per heavy atom. The molecule has 3 heteroatoms. The zero-order valence-electron chi connectivity index (χ0n) is 12.8. The summed E-state index contributed by atoms with van der Waals surface area (Å²) in [5.74, 6) is 0.859. The van der Waals surface area contributed by atoms with Gasteiger partial charge in [0.2, 0.25) is 0 Å². The molecule has 0 heterocycles. The number of nitrogens with two attached hydrogens (primary N) is 1. The average Bonchev–Trinajstić information content (AvgIpc) is 2.70. The van der Waals surface area contributed by atoms with Gasteiger partial charge in [-0.15, -0.1) is 0 Å². The molecule has 0 aromatic heterocycles. The number of Topliss-reactive ketones (excluding diaryl/α,β-unsaturated/α-hetero) is 1. The van der Waals surface area contributed by atoms with Crippen molar-refractivity contribution in [1.82, 2.24) is 0 Å². The third-order valence-electron chi connectivity index (χ3n) is 4.30. The maximum absolute atomic E-state index is 11.4. The Hall–Kier alpha value is -2.13. The van der Waals surface area contributed by atoms with Gasteiger partial charge in [0, 0.05) is 6.42 Å². The van der Waals surface area contributed by atoms with Crippen LogP contribution in [0.2, 0.25) is 0 Å². The molecule has 3 nitrogen and oxygen atoms in total. The summed E-state index contributed by atoms with van der Waals surface area (Å²) in [6, 6.07) is 14.2. The van der Waals surface area contributed by atoms with Crippen molar-refractivity contribution in [3.63, 3.8) is 0 Å². The van der Waals surface area contributed by atoms with Crippen LogP contribution in [0.25, 0.3) is 0 Å². The Balaban J connectivity index is 1.87. The van der Waals surface area contributed by atoms with Gasteiger partial charge >= 0.3 is 0 Å². The lowest BCUT2D eigenvalue weighted by Crippen LogP contribution is -2.14. The van der Waals surface area contributed by atoms with Crippen molar-refractivity contribution < 1.29 is 9.53 Å². The number of aryl methyl sites for hydroxylation is 2. The van der Waals surface area contributed by atoms with E-state index in [2.05, 4.69) is 18.2 Å². The van der Waals surface area contributed by atoms with Crippen molar-refractivity contribution in [2.75, 3.05) is 6.61 Å². The zero-order valence-corrected chi connectivity index (χ0v) is 12.8. The van der Waals surface area contributed by atoms with E-state index in [4.69, 9.17) is 10.5 Å². The van der Waals surface area contributed by atoms with Crippen molar-refractivity contribution in [2.45, 2.75) is 32.2 Å².